The SMILES string of the molecule is CC(C)CCNC(C)(CCC(C)C)C(=O)O. The van der Waals surface area contributed by atoms with Crippen molar-refractivity contribution in [1.29, 1.82) is 0 Å². The standard InChI is InChI=1S/C13H27NO2/c1-10(2)6-8-13(5,12(15)16)14-9-7-11(3)4/h10-11,14H,6-9H2,1-5H3,(H,15,16). The highest BCUT2D eigenvalue weighted by molar-refractivity contribution is 5.78. The van der Waals surface area contributed by atoms with Gasteiger partial charge in [-0.15, -0.1) is 0 Å². The van der Waals surface area contributed by atoms with Gasteiger partial charge in [0.1, 0.15) is 5.54 Å². The summed E-state index contributed by atoms with van der Waals surface area (Å²) in [5.74, 6) is 0.415. The Morgan fingerprint density at radius 1 is 1.19 bits per heavy atom. The number of hydrogen-bond donors (Lipinski definition) is 2. The minimum Gasteiger partial charge on any atom is -0.480 e. The highest BCUT2D eigenvalue weighted by Gasteiger charge is 2.31. The Labute approximate surface area is 99.6 Å². The van der Waals surface area contributed by atoms with Crippen LogP contribution >= 0.6 is 0 Å². The zero-order valence-electron chi connectivity index (χ0n) is 11.3. The fraction of sp³-hybridized carbons (Fsp3) is 0.923. The van der Waals surface area contributed by atoms with E-state index < -0.39 is 11.5 Å². The zero-order valence-corrected chi connectivity index (χ0v) is 11.3. The number of carboxylic acids is 1. The van der Waals surface area contributed by atoms with E-state index >= 15 is 0 Å². The maximum atomic E-state index is 11.2. The van der Waals surface area contributed by atoms with Crippen LogP contribution in [0.3, 0.4) is 0 Å². The van der Waals surface area contributed by atoms with Crippen LogP contribution in [0.4, 0.5) is 0 Å². The van der Waals surface area contributed by atoms with Crippen LogP contribution < -0.4 is 5.32 Å². The molecule has 0 saturated carbocycles. The van der Waals surface area contributed by atoms with Crippen molar-refractivity contribution in [3.05, 3.63) is 0 Å². The third-order valence-electron chi connectivity index (χ3n) is 2.93. The van der Waals surface area contributed by atoms with Crippen LogP contribution in [-0.2, 0) is 4.79 Å². The molecule has 0 heterocycles. The molecule has 0 radical (unpaired) electrons. The van der Waals surface area contributed by atoms with Crippen LogP contribution in [0.5, 0.6) is 0 Å². The van der Waals surface area contributed by atoms with Crippen LogP contribution in [0.2, 0.25) is 0 Å². The van der Waals surface area contributed by atoms with E-state index in [1.807, 2.05) is 0 Å². The monoisotopic (exact) mass is 229 g/mol. The molecule has 2 N–H and O–H groups in total. The average molecular weight is 229 g/mol. The number of nitrogens with one attached hydrogen (secondary N) is 1. The number of hydrogen-bond acceptors (Lipinski definition) is 2. The maximum Gasteiger partial charge on any atom is 0.323 e. The van der Waals surface area contributed by atoms with E-state index in [0.29, 0.717) is 18.3 Å². The molecular weight excluding hydrogens is 202 g/mol. The highest BCUT2D eigenvalue weighted by atomic mass is 16.4. The second kappa shape index (κ2) is 6.89. The van der Waals surface area contributed by atoms with E-state index in [2.05, 4.69) is 33.0 Å². The number of carbonyl (C=O) groups is 1. The van der Waals surface area contributed by atoms with Crippen molar-refractivity contribution in [2.24, 2.45) is 11.8 Å². The summed E-state index contributed by atoms with van der Waals surface area (Å²) in [5.41, 5.74) is -0.765. The molecule has 3 nitrogen and oxygen atoms in total. The lowest BCUT2D eigenvalue weighted by Gasteiger charge is -2.27. The Bertz CT molecular complexity index is 214. The molecule has 96 valence electrons. The van der Waals surface area contributed by atoms with Crippen LogP contribution in [0.25, 0.3) is 0 Å². The van der Waals surface area contributed by atoms with Crippen molar-refractivity contribution in [1.82, 2.24) is 5.32 Å². The third-order valence-corrected chi connectivity index (χ3v) is 2.93. The van der Waals surface area contributed by atoms with Crippen molar-refractivity contribution < 1.29 is 9.90 Å². The van der Waals surface area contributed by atoms with E-state index in [1.54, 1.807) is 6.92 Å². The Kier molecular flexibility index (Phi) is 6.65. The van der Waals surface area contributed by atoms with Gasteiger partial charge < -0.3 is 10.4 Å². The summed E-state index contributed by atoms with van der Waals surface area (Å²) < 4.78 is 0. The smallest absolute Gasteiger partial charge is 0.323 e. The van der Waals surface area contributed by atoms with E-state index in [1.165, 1.54) is 0 Å². The molecule has 1 atom stereocenters. The fourth-order valence-electron chi connectivity index (χ4n) is 1.49. The van der Waals surface area contributed by atoms with E-state index in [-0.39, 0.29) is 0 Å². The summed E-state index contributed by atoms with van der Waals surface area (Å²) in [4.78, 5) is 11.2. The molecule has 0 aromatic heterocycles. The second-order valence-electron chi connectivity index (χ2n) is 5.68. The normalized spacial score (nSPS) is 15.4. The molecule has 16 heavy (non-hydrogen) atoms. The summed E-state index contributed by atoms with van der Waals surface area (Å²) in [6.45, 7) is 11.1. The van der Waals surface area contributed by atoms with Gasteiger partial charge in [-0.2, -0.15) is 0 Å². The van der Waals surface area contributed by atoms with Gasteiger partial charge in [-0.25, -0.2) is 0 Å². The Morgan fingerprint density at radius 3 is 2.06 bits per heavy atom. The second-order valence-corrected chi connectivity index (χ2v) is 5.68. The lowest BCUT2D eigenvalue weighted by atomic mass is 9.91. The summed E-state index contributed by atoms with van der Waals surface area (Å²) in [5, 5.41) is 12.4. The van der Waals surface area contributed by atoms with Crippen LogP contribution in [0.15, 0.2) is 0 Å². The highest BCUT2D eigenvalue weighted by Crippen LogP contribution is 2.17. The van der Waals surface area contributed by atoms with Gasteiger partial charge in [0, 0.05) is 0 Å². The predicted octanol–water partition coefficient (Wildman–Crippen LogP) is 2.90. The van der Waals surface area contributed by atoms with Gasteiger partial charge in [0.05, 0.1) is 0 Å². The van der Waals surface area contributed by atoms with Gasteiger partial charge in [-0.05, 0) is 44.6 Å². The topological polar surface area (TPSA) is 49.3 Å². The van der Waals surface area contributed by atoms with Gasteiger partial charge >= 0.3 is 5.97 Å². The zero-order chi connectivity index (χ0) is 12.8. The average Bonchev–Trinajstić information content (AvgIpc) is 2.13. The third kappa shape index (κ3) is 6.11. The van der Waals surface area contributed by atoms with Crippen molar-refractivity contribution >= 4 is 5.97 Å². The molecule has 0 aromatic carbocycles. The van der Waals surface area contributed by atoms with Gasteiger partial charge in [-0.3, -0.25) is 4.79 Å². The molecule has 0 aromatic rings. The van der Waals surface area contributed by atoms with E-state index in [4.69, 9.17) is 0 Å². The van der Waals surface area contributed by atoms with Crippen molar-refractivity contribution in [2.75, 3.05) is 6.54 Å². The predicted molar refractivity (Wildman–Crippen MR) is 67.6 cm³/mol. The molecule has 0 amide bonds. The quantitative estimate of drug-likeness (QED) is 0.673. The van der Waals surface area contributed by atoms with Crippen LogP contribution in [0.1, 0.15) is 53.9 Å². The molecular formula is C13H27NO2. The van der Waals surface area contributed by atoms with E-state index in [9.17, 15) is 9.90 Å². The molecule has 0 aliphatic heterocycles. The van der Waals surface area contributed by atoms with Gasteiger partial charge in [0.15, 0.2) is 0 Å². The minimum absolute atomic E-state index is 0.547. The first-order chi connectivity index (χ1) is 7.28. The molecule has 0 spiro atoms. The molecule has 1 unspecified atom stereocenters. The first-order valence-corrected chi connectivity index (χ1v) is 6.26. The fourth-order valence-corrected chi connectivity index (χ4v) is 1.49. The molecule has 0 aliphatic rings. The molecule has 3 heteroatoms. The van der Waals surface area contributed by atoms with Gasteiger partial charge in [0.2, 0.25) is 0 Å². The van der Waals surface area contributed by atoms with Crippen molar-refractivity contribution in [3.63, 3.8) is 0 Å². The van der Waals surface area contributed by atoms with Crippen LogP contribution in [0, 0.1) is 11.8 Å². The van der Waals surface area contributed by atoms with Crippen molar-refractivity contribution in [2.45, 2.75) is 59.4 Å². The molecule has 0 fully saturated rings. The maximum absolute atomic E-state index is 11.2. The number of aliphatic carboxylic acids is 1. The lowest BCUT2D eigenvalue weighted by Crippen LogP contribution is -2.50. The molecule has 0 rings (SSSR count). The minimum atomic E-state index is -0.765. The van der Waals surface area contributed by atoms with Crippen LogP contribution in [-0.4, -0.2) is 23.2 Å². The summed E-state index contributed by atoms with van der Waals surface area (Å²) in [6.07, 6.45) is 2.65. The summed E-state index contributed by atoms with van der Waals surface area (Å²) in [7, 11) is 0. The number of carboxylic acid groups (broad SMARTS) is 1. The molecule has 0 bridgehead atoms. The summed E-state index contributed by atoms with van der Waals surface area (Å²) in [6, 6.07) is 0. The van der Waals surface area contributed by atoms with Gasteiger partial charge in [-0.1, -0.05) is 27.7 Å². The Balaban J connectivity index is 4.17. The van der Waals surface area contributed by atoms with Crippen molar-refractivity contribution in [3.8, 4) is 0 Å². The Hall–Kier alpha value is -0.570. The first kappa shape index (κ1) is 15.4. The molecule has 0 saturated heterocycles. The van der Waals surface area contributed by atoms with E-state index in [0.717, 1.165) is 19.4 Å². The summed E-state index contributed by atoms with van der Waals surface area (Å²) >= 11 is 0. The largest absolute Gasteiger partial charge is 0.480 e. The Morgan fingerprint density at radius 2 is 1.69 bits per heavy atom. The lowest BCUT2D eigenvalue weighted by molar-refractivity contribution is -0.144. The first-order valence-electron chi connectivity index (χ1n) is 6.26. The van der Waals surface area contributed by atoms with Gasteiger partial charge in [0.25, 0.3) is 0 Å². The number of rotatable bonds is 8. The molecule has 0 aliphatic carbocycles.